The van der Waals surface area contributed by atoms with Crippen LogP contribution in [-0.2, 0) is 9.53 Å². The van der Waals surface area contributed by atoms with E-state index in [1.54, 1.807) is 25.3 Å². The zero-order chi connectivity index (χ0) is 16.4. The lowest BCUT2D eigenvalue weighted by Crippen LogP contribution is -2.15. The lowest BCUT2D eigenvalue weighted by molar-refractivity contribution is -0.145. The molecule has 0 amide bonds. The van der Waals surface area contributed by atoms with Crippen molar-refractivity contribution in [2.45, 2.75) is 13.8 Å². The molecule has 0 radical (unpaired) electrons. The number of esters is 1. The summed E-state index contributed by atoms with van der Waals surface area (Å²) in [5.41, 5.74) is 4.63. The fraction of sp³-hybridized carbons (Fsp3) is 0.357. The van der Waals surface area contributed by atoms with Crippen molar-refractivity contribution in [3.05, 3.63) is 22.2 Å². The highest BCUT2D eigenvalue weighted by molar-refractivity contribution is 9.10. The van der Waals surface area contributed by atoms with Crippen molar-refractivity contribution in [3.63, 3.8) is 0 Å². The van der Waals surface area contributed by atoms with E-state index in [1.807, 2.05) is 6.92 Å². The summed E-state index contributed by atoms with van der Waals surface area (Å²) in [6, 6.07) is 3.54. The van der Waals surface area contributed by atoms with Crippen LogP contribution in [0.2, 0.25) is 0 Å². The minimum atomic E-state index is -0.437. The average Bonchev–Trinajstić information content (AvgIpc) is 2.47. The van der Waals surface area contributed by atoms with E-state index in [-0.39, 0.29) is 6.61 Å². The van der Waals surface area contributed by atoms with Gasteiger partial charge in [0, 0.05) is 0 Å². The molecule has 0 saturated heterocycles. The molecule has 0 saturated carbocycles. The lowest BCUT2D eigenvalue weighted by atomic mass is 10.2. The van der Waals surface area contributed by atoms with E-state index in [0.29, 0.717) is 29.2 Å². The minimum absolute atomic E-state index is 0.188. The molecule has 0 bridgehead atoms. The lowest BCUT2D eigenvalue weighted by Gasteiger charge is -2.14. The van der Waals surface area contributed by atoms with Gasteiger partial charge in [-0.25, -0.2) is 4.79 Å². The predicted octanol–water partition coefficient (Wildman–Crippen LogP) is 2.67. The molecule has 6 nitrogen and oxygen atoms in total. The number of carbonyl (C=O) groups is 1. The van der Waals surface area contributed by atoms with E-state index >= 15 is 0 Å². The number of hydrogen-bond donors (Lipinski definition) is 1. The van der Waals surface area contributed by atoms with Crippen LogP contribution in [0.25, 0.3) is 0 Å². The zero-order valence-electron chi connectivity index (χ0n) is 12.3. The van der Waals surface area contributed by atoms with Gasteiger partial charge in [-0.3, -0.25) is 5.43 Å². The number of nitrogens with one attached hydrogen (secondary N) is 1. The third-order valence-corrected chi connectivity index (χ3v) is 3.01. The summed E-state index contributed by atoms with van der Waals surface area (Å²) in [7, 11) is 0. The van der Waals surface area contributed by atoms with Crippen LogP contribution in [0.5, 0.6) is 11.5 Å². The van der Waals surface area contributed by atoms with Gasteiger partial charge < -0.3 is 14.2 Å². The highest BCUT2D eigenvalue weighted by atomic mass is 79.9. The van der Waals surface area contributed by atoms with E-state index < -0.39 is 5.97 Å². The molecule has 0 spiro atoms. The average molecular weight is 389 g/mol. The Bertz CT molecular complexity index is 552. The third-order valence-electron chi connectivity index (χ3n) is 2.31. The van der Waals surface area contributed by atoms with Crippen molar-refractivity contribution >= 4 is 45.8 Å². The fourth-order valence-electron chi connectivity index (χ4n) is 1.54. The Hall–Kier alpha value is -1.67. The number of hydrogen-bond acceptors (Lipinski definition) is 6. The van der Waals surface area contributed by atoms with Crippen molar-refractivity contribution in [2.75, 3.05) is 19.8 Å². The molecular formula is C14H17BrN2O4S. The van der Waals surface area contributed by atoms with Gasteiger partial charge in [-0.15, -0.1) is 0 Å². The number of rotatable bonds is 9. The Morgan fingerprint density at radius 2 is 2.14 bits per heavy atom. The first-order valence-corrected chi connectivity index (χ1v) is 7.85. The molecule has 1 aromatic carbocycles. The van der Waals surface area contributed by atoms with E-state index in [9.17, 15) is 4.79 Å². The van der Waals surface area contributed by atoms with Crippen LogP contribution < -0.4 is 14.9 Å². The molecule has 0 atom stereocenters. The first-order chi connectivity index (χ1) is 10.6. The second-order valence-corrected chi connectivity index (χ2v) is 4.95. The normalized spacial score (nSPS) is 10.3. The quantitative estimate of drug-likeness (QED) is 0.303. The maximum Gasteiger partial charge on any atom is 0.344 e. The van der Waals surface area contributed by atoms with Gasteiger partial charge in [0.15, 0.2) is 18.1 Å². The van der Waals surface area contributed by atoms with Crippen LogP contribution >= 0.6 is 28.1 Å². The molecule has 0 aliphatic carbocycles. The van der Waals surface area contributed by atoms with Gasteiger partial charge in [-0.1, -0.05) is 12.2 Å². The van der Waals surface area contributed by atoms with Gasteiger partial charge in [0.25, 0.3) is 0 Å². The summed E-state index contributed by atoms with van der Waals surface area (Å²) in [5, 5.41) is 3.90. The maximum absolute atomic E-state index is 11.4. The van der Waals surface area contributed by atoms with Crippen molar-refractivity contribution < 1.29 is 19.0 Å². The Morgan fingerprint density at radius 1 is 1.36 bits per heavy atom. The van der Waals surface area contributed by atoms with Gasteiger partial charge in [0.05, 0.1) is 29.4 Å². The van der Waals surface area contributed by atoms with E-state index in [4.69, 9.17) is 14.2 Å². The summed E-state index contributed by atoms with van der Waals surface area (Å²) in [6.07, 6.45) is 1.59. The molecule has 22 heavy (non-hydrogen) atoms. The molecule has 0 heterocycles. The van der Waals surface area contributed by atoms with Gasteiger partial charge in [0.2, 0.25) is 0 Å². The summed E-state index contributed by atoms with van der Waals surface area (Å²) in [5.74, 6) is 0.507. The number of benzene rings is 1. The number of thiocarbonyl (C=S) groups is 1. The van der Waals surface area contributed by atoms with Crippen LogP contribution in [0.3, 0.4) is 0 Å². The first kappa shape index (κ1) is 18.4. The van der Waals surface area contributed by atoms with Crippen molar-refractivity contribution in [2.24, 2.45) is 5.10 Å². The number of hydrazone groups is 1. The molecule has 0 aliphatic heterocycles. The van der Waals surface area contributed by atoms with Crippen LogP contribution in [0.1, 0.15) is 19.4 Å². The van der Waals surface area contributed by atoms with Crippen LogP contribution in [-0.4, -0.2) is 37.5 Å². The van der Waals surface area contributed by atoms with Crippen molar-refractivity contribution in [3.8, 4) is 11.5 Å². The minimum Gasteiger partial charge on any atom is -0.490 e. The number of halogens is 1. The second kappa shape index (κ2) is 10.1. The first-order valence-electron chi connectivity index (χ1n) is 6.59. The number of carbonyl (C=O) groups excluding carboxylic acids is 1. The standard InChI is InChI=1S/C14H17BrN2O4S/c1-3-19-12-6-10(7-16-17-9-22)5-11(15)14(12)21-8-13(18)20-4-2/h5-7,9H,3-4,8H2,1-2H3,(H,17,22)/b16-7-. The monoisotopic (exact) mass is 388 g/mol. The van der Waals surface area contributed by atoms with Gasteiger partial charge in [-0.2, -0.15) is 5.10 Å². The molecular weight excluding hydrogens is 372 g/mol. The summed E-state index contributed by atoms with van der Waals surface area (Å²) < 4.78 is 16.5. The molecule has 1 N–H and O–H groups in total. The van der Waals surface area contributed by atoms with Gasteiger partial charge in [0.1, 0.15) is 0 Å². The molecule has 0 aliphatic rings. The van der Waals surface area contributed by atoms with Crippen LogP contribution in [0, 0.1) is 0 Å². The third kappa shape index (κ3) is 5.98. The second-order valence-electron chi connectivity index (χ2n) is 3.86. The largest absolute Gasteiger partial charge is 0.490 e. The van der Waals surface area contributed by atoms with E-state index in [2.05, 4.69) is 38.7 Å². The molecule has 120 valence electrons. The maximum atomic E-state index is 11.4. The molecule has 1 aromatic rings. The van der Waals surface area contributed by atoms with Crippen LogP contribution in [0.15, 0.2) is 21.7 Å². The Kier molecular flexibility index (Phi) is 8.46. The Balaban J connectivity index is 2.94. The summed E-state index contributed by atoms with van der Waals surface area (Å²) in [4.78, 5) is 11.4. The fourth-order valence-corrected chi connectivity index (χ4v) is 2.18. The zero-order valence-corrected chi connectivity index (χ0v) is 14.7. The predicted molar refractivity (Wildman–Crippen MR) is 91.8 cm³/mol. The van der Waals surface area contributed by atoms with Crippen molar-refractivity contribution in [1.82, 2.24) is 5.43 Å². The molecule has 0 aromatic heterocycles. The molecule has 8 heteroatoms. The van der Waals surface area contributed by atoms with E-state index in [0.717, 1.165) is 5.56 Å². The highest BCUT2D eigenvalue weighted by Crippen LogP contribution is 2.36. The Morgan fingerprint density at radius 3 is 2.77 bits per heavy atom. The molecule has 0 unspecified atom stereocenters. The molecule has 1 rings (SSSR count). The SMILES string of the molecule is CCOC(=O)COc1c(Br)cc(/C=N\NC=S)cc1OCC. The van der Waals surface area contributed by atoms with Crippen molar-refractivity contribution in [1.29, 1.82) is 0 Å². The van der Waals surface area contributed by atoms with Gasteiger partial charge >= 0.3 is 5.97 Å². The highest BCUT2D eigenvalue weighted by Gasteiger charge is 2.14. The van der Waals surface area contributed by atoms with Crippen LogP contribution in [0.4, 0.5) is 0 Å². The smallest absolute Gasteiger partial charge is 0.344 e. The summed E-state index contributed by atoms with van der Waals surface area (Å²) >= 11 is 8.01. The van der Waals surface area contributed by atoms with Gasteiger partial charge in [-0.05, 0) is 47.5 Å². The van der Waals surface area contributed by atoms with E-state index in [1.165, 1.54) is 5.49 Å². The Labute approximate surface area is 142 Å². The topological polar surface area (TPSA) is 69.2 Å². The summed E-state index contributed by atoms with van der Waals surface area (Å²) in [6.45, 7) is 4.18. The number of ether oxygens (including phenoxy) is 3. The number of nitrogens with zero attached hydrogens (tertiary/aromatic N) is 1. The molecule has 0 fully saturated rings.